The standard InChI is InChI=1S/C22H28ClN3O5/c23-18-16(25-3-1-22(2-4-25)30-5-6-31-22)12-24-26(19(18)27)21-10-13-7-14(11-21)9-15(8-13)17(21)20(28)29/h12-15,17H,1-11H2,(H,28,29)/t13-,14-,15?,17-,21?/m1/s1. The van der Waals surface area contributed by atoms with Crippen LogP contribution in [0.25, 0.3) is 0 Å². The van der Waals surface area contributed by atoms with Crippen LogP contribution in [0.5, 0.6) is 0 Å². The predicted octanol–water partition coefficient (Wildman–Crippen LogP) is 2.48. The van der Waals surface area contributed by atoms with Crippen molar-refractivity contribution < 1.29 is 19.4 Å². The molecule has 1 spiro atoms. The number of piperidine rings is 1. The summed E-state index contributed by atoms with van der Waals surface area (Å²) in [5.74, 6) is -0.802. The highest BCUT2D eigenvalue weighted by molar-refractivity contribution is 6.33. The molecule has 0 radical (unpaired) electrons. The van der Waals surface area contributed by atoms with Gasteiger partial charge in [-0.3, -0.25) is 9.59 Å². The summed E-state index contributed by atoms with van der Waals surface area (Å²) in [6, 6.07) is 0. The molecule has 8 nitrogen and oxygen atoms in total. The number of hydrogen-bond donors (Lipinski definition) is 1. The van der Waals surface area contributed by atoms with E-state index in [4.69, 9.17) is 21.1 Å². The Kier molecular flexibility index (Phi) is 4.47. The number of aromatic nitrogens is 2. The first-order valence-corrected chi connectivity index (χ1v) is 11.8. The highest BCUT2D eigenvalue weighted by Gasteiger charge is 2.61. The molecule has 0 aromatic carbocycles. The van der Waals surface area contributed by atoms with Crippen molar-refractivity contribution in [3.05, 3.63) is 21.6 Å². The van der Waals surface area contributed by atoms with Gasteiger partial charge in [0, 0.05) is 25.9 Å². The smallest absolute Gasteiger partial charge is 0.309 e. The van der Waals surface area contributed by atoms with Gasteiger partial charge in [0.15, 0.2) is 5.79 Å². The fraction of sp³-hybridized carbons (Fsp3) is 0.773. The highest BCUT2D eigenvalue weighted by Crippen LogP contribution is 2.61. The summed E-state index contributed by atoms with van der Waals surface area (Å²) < 4.78 is 13.0. The minimum atomic E-state index is -0.810. The second-order valence-corrected chi connectivity index (χ2v) is 10.6. The highest BCUT2D eigenvalue weighted by atomic mass is 35.5. The van der Waals surface area contributed by atoms with Gasteiger partial charge in [0.05, 0.1) is 36.6 Å². The van der Waals surface area contributed by atoms with Gasteiger partial charge >= 0.3 is 5.97 Å². The first-order valence-electron chi connectivity index (χ1n) is 11.4. The lowest BCUT2D eigenvalue weighted by atomic mass is 9.48. The van der Waals surface area contributed by atoms with E-state index in [1.54, 1.807) is 6.20 Å². The van der Waals surface area contributed by atoms with Crippen molar-refractivity contribution in [3.63, 3.8) is 0 Å². The number of carboxylic acids is 1. The fourth-order valence-corrected chi connectivity index (χ4v) is 7.82. The average Bonchev–Trinajstić information content (AvgIpc) is 3.17. The molecule has 2 saturated heterocycles. The molecular weight excluding hydrogens is 422 g/mol. The Bertz CT molecular complexity index is 950. The number of carboxylic acid groups (broad SMARTS) is 1. The molecule has 4 aliphatic carbocycles. The van der Waals surface area contributed by atoms with E-state index in [0.29, 0.717) is 69.5 Å². The maximum Gasteiger partial charge on any atom is 0.309 e. The first kappa shape index (κ1) is 20.0. The summed E-state index contributed by atoms with van der Waals surface area (Å²) in [4.78, 5) is 27.8. The molecule has 3 atom stereocenters. The van der Waals surface area contributed by atoms with Crippen molar-refractivity contribution in [1.29, 1.82) is 0 Å². The third-order valence-electron chi connectivity index (χ3n) is 8.54. The Labute approximate surface area is 185 Å². The predicted molar refractivity (Wildman–Crippen MR) is 112 cm³/mol. The minimum Gasteiger partial charge on any atom is -0.481 e. The van der Waals surface area contributed by atoms with Crippen LogP contribution in [0.1, 0.15) is 44.9 Å². The van der Waals surface area contributed by atoms with Crippen LogP contribution in [-0.2, 0) is 19.8 Å². The Morgan fingerprint density at radius 2 is 1.77 bits per heavy atom. The topological polar surface area (TPSA) is 93.9 Å². The minimum absolute atomic E-state index is 0.126. The van der Waals surface area contributed by atoms with Crippen molar-refractivity contribution >= 4 is 23.3 Å². The van der Waals surface area contributed by atoms with E-state index in [1.165, 1.54) is 4.68 Å². The Balaban J connectivity index is 1.34. The molecule has 1 aromatic rings. The van der Waals surface area contributed by atoms with E-state index in [-0.39, 0.29) is 16.5 Å². The second kappa shape index (κ2) is 6.93. The molecule has 7 rings (SSSR count). The Hall–Kier alpha value is -1.64. The van der Waals surface area contributed by atoms with Gasteiger partial charge in [-0.05, 0) is 49.9 Å². The zero-order valence-electron chi connectivity index (χ0n) is 17.5. The quantitative estimate of drug-likeness (QED) is 0.757. The van der Waals surface area contributed by atoms with E-state index >= 15 is 0 Å². The molecule has 3 heterocycles. The lowest BCUT2D eigenvalue weighted by molar-refractivity contribution is -0.169. The van der Waals surface area contributed by atoms with Crippen molar-refractivity contribution in [2.45, 2.75) is 56.3 Å². The van der Waals surface area contributed by atoms with Crippen molar-refractivity contribution in [1.82, 2.24) is 9.78 Å². The van der Waals surface area contributed by atoms with Crippen LogP contribution >= 0.6 is 11.6 Å². The van der Waals surface area contributed by atoms with E-state index in [0.717, 1.165) is 19.3 Å². The monoisotopic (exact) mass is 449 g/mol. The summed E-state index contributed by atoms with van der Waals surface area (Å²) in [5, 5.41) is 14.8. The molecule has 6 fully saturated rings. The zero-order valence-corrected chi connectivity index (χ0v) is 18.2. The molecule has 0 amide bonds. The van der Waals surface area contributed by atoms with Crippen LogP contribution in [0.15, 0.2) is 11.0 Å². The molecular formula is C22H28ClN3O5. The van der Waals surface area contributed by atoms with E-state index < -0.39 is 23.2 Å². The van der Waals surface area contributed by atoms with Crippen molar-refractivity contribution in [2.75, 3.05) is 31.2 Å². The third kappa shape index (κ3) is 2.91. The van der Waals surface area contributed by atoms with Crippen LogP contribution in [0, 0.1) is 23.7 Å². The number of nitrogens with zero attached hydrogens (tertiary/aromatic N) is 3. The van der Waals surface area contributed by atoms with E-state index in [1.807, 2.05) is 0 Å². The average molecular weight is 450 g/mol. The number of halogens is 1. The van der Waals surface area contributed by atoms with Gasteiger partial charge in [-0.2, -0.15) is 5.10 Å². The van der Waals surface area contributed by atoms with Gasteiger partial charge < -0.3 is 19.5 Å². The number of rotatable bonds is 3. The zero-order chi connectivity index (χ0) is 21.4. The second-order valence-electron chi connectivity index (χ2n) is 10.2. The van der Waals surface area contributed by atoms with Crippen LogP contribution in [0.2, 0.25) is 5.02 Å². The molecule has 168 valence electrons. The first-order chi connectivity index (χ1) is 14.9. The molecule has 31 heavy (non-hydrogen) atoms. The summed E-state index contributed by atoms with van der Waals surface area (Å²) >= 11 is 6.63. The van der Waals surface area contributed by atoms with Gasteiger partial charge in [0.1, 0.15) is 5.02 Å². The lowest BCUT2D eigenvalue weighted by Gasteiger charge is -2.59. The number of aliphatic carboxylic acids is 1. The summed E-state index contributed by atoms with van der Waals surface area (Å²) in [5.41, 5.74) is -0.495. The van der Waals surface area contributed by atoms with Crippen molar-refractivity contribution in [3.8, 4) is 0 Å². The number of ether oxygens (including phenoxy) is 2. The van der Waals surface area contributed by atoms with Gasteiger partial charge in [-0.15, -0.1) is 0 Å². The molecule has 4 bridgehead atoms. The molecule has 1 N–H and O–H groups in total. The normalized spacial score (nSPS) is 38.2. The summed E-state index contributed by atoms with van der Waals surface area (Å²) in [7, 11) is 0. The van der Waals surface area contributed by atoms with Crippen LogP contribution in [0.4, 0.5) is 5.69 Å². The Morgan fingerprint density at radius 3 is 2.39 bits per heavy atom. The summed E-state index contributed by atoms with van der Waals surface area (Å²) in [6.45, 7) is 2.57. The van der Waals surface area contributed by atoms with Crippen LogP contribution < -0.4 is 10.5 Å². The maximum atomic E-state index is 13.5. The SMILES string of the molecule is O=C(O)[C@H]1C2C[C@H]3C[C@H](C2)CC1(n1ncc(N2CCC4(CC2)OCCO4)c(Cl)c1=O)C3. The van der Waals surface area contributed by atoms with E-state index in [9.17, 15) is 14.7 Å². The molecule has 1 aromatic heterocycles. The van der Waals surface area contributed by atoms with E-state index in [2.05, 4.69) is 10.00 Å². The summed E-state index contributed by atoms with van der Waals surface area (Å²) in [6.07, 6.45) is 7.55. The fourth-order valence-electron chi connectivity index (χ4n) is 7.57. The number of anilines is 1. The van der Waals surface area contributed by atoms with Crippen LogP contribution in [0.3, 0.4) is 0 Å². The molecule has 6 aliphatic rings. The van der Waals surface area contributed by atoms with Gasteiger partial charge in [-0.25, -0.2) is 4.68 Å². The van der Waals surface area contributed by atoms with Crippen molar-refractivity contribution in [2.24, 2.45) is 23.7 Å². The third-order valence-corrected chi connectivity index (χ3v) is 8.90. The molecule has 4 saturated carbocycles. The number of carbonyl (C=O) groups is 1. The largest absolute Gasteiger partial charge is 0.481 e. The molecule has 0 unspecified atom stereocenters. The molecule has 2 aliphatic heterocycles. The molecule has 9 heteroatoms. The van der Waals surface area contributed by atoms with Crippen LogP contribution in [-0.4, -0.2) is 52.9 Å². The maximum absolute atomic E-state index is 13.5. The lowest BCUT2D eigenvalue weighted by Crippen LogP contribution is -2.63. The number of hydrogen-bond acceptors (Lipinski definition) is 6. The van der Waals surface area contributed by atoms with Gasteiger partial charge in [0.25, 0.3) is 5.56 Å². The van der Waals surface area contributed by atoms with Gasteiger partial charge in [-0.1, -0.05) is 11.6 Å². The van der Waals surface area contributed by atoms with Gasteiger partial charge in [0.2, 0.25) is 0 Å². The Morgan fingerprint density at radius 1 is 1.13 bits per heavy atom.